The van der Waals surface area contributed by atoms with E-state index in [0.717, 1.165) is 38.2 Å². The van der Waals surface area contributed by atoms with Crippen molar-refractivity contribution in [3.63, 3.8) is 0 Å². The topological polar surface area (TPSA) is 12.5 Å². The molecule has 1 spiro atoms. The van der Waals surface area contributed by atoms with Crippen molar-refractivity contribution in [1.82, 2.24) is 4.90 Å². The second-order valence-electron chi connectivity index (χ2n) is 5.00. The summed E-state index contributed by atoms with van der Waals surface area (Å²) in [6, 6.07) is 8.50. The molecule has 0 atom stereocenters. The fourth-order valence-electron chi connectivity index (χ4n) is 3.07. The maximum absolute atomic E-state index is 6.13. The molecular formula is C15H19NO. The smallest absolute Gasteiger partial charge is 0.137 e. The Bertz CT molecular complexity index is 444. The van der Waals surface area contributed by atoms with Crippen LogP contribution in [0.15, 0.2) is 30.8 Å². The SMILES string of the molecule is C=C1OC2(CCN(CC)CC2)c2ccccc21. The molecule has 2 aliphatic heterocycles. The maximum Gasteiger partial charge on any atom is 0.137 e. The first kappa shape index (κ1) is 10.8. The Kier molecular flexibility index (Phi) is 2.48. The Morgan fingerprint density at radius 1 is 1.29 bits per heavy atom. The molecule has 0 amide bonds. The van der Waals surface area contributed by atoms with E-state index in [4.69, 9.17) is 4.74 Å². The van der Waals surface area contributed by atoms with Crippen molar-refractivity contribution in [2.75, 3.05) is 19.6 Å². The van der Waals surface area contributed by atoms with Gasteiger partial charge >= 0.3 is 0 Å². The van der Waals surface area contributed by atoms with Crippen LogP contribution in [-0.2, 0) is 10.3 Å². The van der Waals surface area contributed by atoms with Crippen LogP contribution in [0.1, 0.15) is 30.9 Å². The van der Waals surface area contributed by atoms with Crippen LogP contribution in [0, 0.1) is 0 Å². The molecule has 0 bridgehead atoms. The molecule has 1 aromatic rings. The van der Waals surface area contributed by atoms with Crippen LogP contribution >= 0.6 is 0 Å². The Labute approximate surface area is 103 Å². The van der Waals surface area contributed by atoms with Crippen molar-refractivity contribution in [3.8, 4) is 0 Å². The molecule has 2 aliphatic rings. The molecule has 0 N–H and O–H groups in total. The number of ether oxygens (including phenoxy) is 1. The summed E-state index contributed by atoms with van der Waals surface area (Å²) in [4.78, 5) is 2.48. The minimum absolute atomic E-state index is 0.0840. The summed E-state index contributed by atoms with van der Waals surface area (Å²) in [6.07, 6.45) is 2.16. The van der Waals surface area contributed by atoms with Gasteiger partial charge in [-0.05, 0) is 6.54 Å². The van der Waals surface area contributed by atoms with Crippen molar-refractivity contribution in [3.05, 3.63) is 42.0 Å². The predicted molar refractivity (Wildman–Crippen MR) is 69.6 cm³/mol. The second kappa shape index (κ2) is 3.88. The Morgan fingerprint density at radius 3 is 2.71 bits per heavy atom. The van der Waals surface area contributed by atoms with Crippen LogP contribution in [-0.4, -0.2) is 24.5 Å². The number of piperidine rings is 1. The molecule has 1 aromatic carbocycles. The highest BCUT2D eigenvalue weighted by Crippen LogP contribution is 2.48. The zero-order valence-electron chi connectivity index (χ0n) is 10.4. The van der Waals surface area contributed by atoms with Gasteiger partial charge in [0.1, 0.15) is 11.4 Å². The number of likely N-dealkylation sites (tertiary alicyclic amines) is 1. The summed E-state index contributed by atoms with van der Waals surface area (Å²) >= 11 is 0. The Hall–Kier alpha value is -1.28. The Balaban J connectivity index is 1.93. The number of rotatable bonds is 1. The lowest BCUT2D eigenvalue weighted by atomic mass is 9.84. The Morgan fingerprint density at radius 2 is 2.00 bits per heavy atom. The highest BCUT2D eigenvalue weighted by Gasteiger charge is 2.44. The van der Waals surface area contributed by atoms with E-state index in [1.165, 1.54) is 11.1 Å². The van der Waals surface area contributed by atoms with Gasteiger partial charge in [-0.1, -0.05) is 37.8 Å². The van der Waals surface area contributed by atoms with Gasteiger partial charge in [0.2, 0.25) is 0 Å². The van der Waals surface area contributed by atoms with Crippen LogP contribution in [0.5, 0.6) is 0 Å². The largest absolute Gasteiger partial charge is 0.482 e. The highest BCUT2D eigenvalue weighted by atomic mass is 16.5. The molecule has 0 aromatic heterocycles. The van der Waals surface area contributed by atoms with Crippen molar-refractivity contribution >= 4 is 5.76 Å². The van der Waals surface area contributed by atoms with E-state index in [2.05, 4.69) is 42.7 Å². The lowest BCUT2D eigenvalue weighted by Gasteiger charge is -2.38. The van der Waals surface area contributed by atoms with E-state index in [-0.39, 0.29) is 5.60 Å². The van der Waals surface area contributed by atoms with Gasteiger partial charge in [0.25, 0.3) is 0 Å². The van der Waals surface area contributed by atoms with E-state index < -0.39 is 0 Å². The summed E-state index contributed by atoms with van der Waals surface area (Å²) in [6.45, 7) is 9.65. The lowest BCUT2D eigenvalue weighted by Crippen LogP contribution is -2.42. The van der Waals surface area contributed by atoms with E-state index in [1.807, 2.05) is 0 Å². The first-order valence-corrected chi connectivity index (χ1v) is 6.45. The molecule has 2 heterocycles. The molecule has 0 unspecified atom stereocenters. The average Bonchev–Trinajstić information content (AvgIpc) is 2.65. The first-order chi connectivity index (χ1) is 8.25. The van der Waals surface area contributed by atoms with Crippen molar-refractivity contribution in [1.29, 1.82) is 0 Å². The molecule has 2 heteroatoms. The van der Waals surface area contributed by atoms with Gasteiger partial charge in [-0.2, -0.15) is 0 Å². The number of fused-ring (bicyclic) bond motifs is 2. The zero-order chi connectivity index (χ0) is 11.9. The van der Waals surface area contributed by atoms with E-state index in [1.54, 1.807) is 0 Å². The van der Waals surface area contributed by atoms with Crippen LogP contribution in [0.2, 0.25) is 0 Å². The van der Waals surface area contributed by atoms with Gasteiger partial charge in [-0.3, -0.25) is 0 Å². The minimum atomic E-state index is -0.0840. The van der Waals surface area contributed by atoms with E-state index >= 15 is 0 Å². The number of hydrogen-bond donors (Lipinski definition) is 0. The van der Waals surface area contributed by atoms with Gasteiger partial charge in [0.15, 0.2) is 0 Å². The third-order valence-electron chi connectivity index (χ3n) is 4.15. The second-order valence-corrected chi connectivity index (χ2v) is 5.00. The van der Waals surface area contributed by atoms with Crippen molar-refractivity contribution in [2.45, 2.75) is 25.4 Å². The first-order valence-electron chi connectivity index (χ1n) is 6.45. The lowest BCUT2D eigenvalue weighted by molar-refractivity contribution is -0.0114. The fourth-order valence-corrected chi connectivity index (χ4v) is 3.07. The zero-order valence-corrected chi connectivity index (χ0v) is 10.4. The van der Waals surface area contributed by atoms with Crippen LogP contribution in [0.25, 0.3) is 5.76 Å². The molecular weight excluding hydrogens is 210 g/mol. The summed E-state index contributed by atoms with van der Waals surface area (Å²) in [5, 5.41) is 0. The number of nitrogens with zero attached hydrogens (tertiary/aromatic N) is 1. The highest BCUT2D eigenvalue weighted by molar-refractivity contribution is 5.67. The standard InChI is InChI=1S/C15H19NO/c1-3-16-10-8-15(9-11-16)14-7-5-4-6-13(14)12(2)17-15/h4-7H,2-3,8-11H2,1H3. The molecule has 1 saturated heterocycles. The molecule has 2 nitrogen and oxygen atoms in total. The van der Waals surface area contributed by atoms with E-state index in [9.17, 15) is 0 Å². The summed E-state index contributed by atoms with van der Waals surface area (Å²) in [5.41, 5.74) is 2.47. The third kappa shape index (κ3) is 1.59. The predicted octanol–water partition coefficient (Wildman–Crippen LogP) is 3.00. The third-order valence-corrected chi connectivity index (χ3v) is 4.15. The van der Waals surface area contributed by atoms with Gasteiger partial charge in [0.05, 0.1) is 0 Å². The molecule has 0 radical (unpaired) electrons. The van der Waals surface area contributed by atoms with Gasteiger partial charge in [0, 0.05) is 37.1 Å². The molecule has 0 aliphatic carbocycles. The normalized spacial score (nSPS) is 22.5. The molecule has 1 fully saturated rings. The van der Waals surface area contributed by atoms with E-state index in [0.29, 0.717) is 0 Å². The molecule has 17 heavy (non-hydrogen) atoms. The van der Waals surface area contributed by atoms with Crippen LogP contribution in [0.4, 0.5) is 0 Å². The van der Waals surface area contributed by atoms with Crippen molar-refractivity contribution in [2.24, 2.45) is 0 Å². The maximum atomic E-state index is 6.13. The fraction of sp³-hybridized carbons (Fsp3) is 0.467. The molecule has 0 saturated carbocycles. The number of benzene rings is 1. The summed E-state index contributed by atoms with van der Waals surface area (Å²) in [7, 11) is 0. The summed E-state index contributed by atoms with van der Waals surface area (Å²) in [5.74, 6) is 0.852. The van der Waals surface area contributed by atoms with Gasteiger partial charge in [-0.25, -0.2) is 0 Å². The van der Waals surface area contributed by atoms with Crippen LogP contribution in [0.3, 0.4) is 0 Å². The van der Waals surface area contributed by atoms with Crippen LogP contribution < -0.4 is 0 Å². The number of hydrogen-bond acceptors (Lipinski definition) is 2. The quantitative estimate of drug-likeness (QED) is 0.734. The minimum Gasteiger partial charge on any atom is -0.482 e. The molecule has 90 valence electrons. The summed E-state index contributed by atoms with van der Waals surface area (Å²) < 4.78 is 6.13. The van der Waals surface area contributed by atoms with Crippen molar-refractivity contribution < 1.29 is 4.74 Å². The van der Waals surface area contributed by atoms with Gasteiger partial charge < -0.3 is 9.64 Å². The monoisotopic (exact) mass is 229 g/mol. The average molecular weight is 229 g/mol. The van der Waals surface area contributed by atoms with Gasteiger partial charge in [-0.15, -0.1) is 0 Å². The molecule has 3 rings (SSSR count).